The van der Waals surface area contributed by atoms with Crippen LogP contribution in [0.3, 0.4) is 0 Å². The maximum Gasteiger partial charge on any atom is 0.328 e. The molecule has 21 heavy (non-hydrogen) atoms. The number of nitrogens with zero attached hydrogens (tertiary/aromatic N) is 2. The Labute approximate surface area is 125 Å². The highest BCUT2D eigenvalue weighted by molar-refractivity contribution is 6.30. The van der Waals surface area contributed by atoms with Gasteiger partial charge in [0.15, 0.2) is 0 Å². The summed E-state index contributed by atoms with van der Waals surface area (Å²) in [6.45, 7) is 0. The summed E-state index contributed by atoms with van der Waals surface area (Å²) in [5.74, 6) is -1.01. The Morgan fingerprint density at radius 1 is 1.24 bits per heavy atom. The van der Waals surface area contributed by atoms with Crippen molar-refractivity contribution >= 4 is 34.5 Å². The SMILES string of the molecule is O=C(O)/C=C/c1cc(Cl)ccc1-n1ncc2ccccc21. The number of carbonyl (C=O) groups is 1. The van der Waals surface area contributed by atoms with E-state index in [1.54, 1.807) is 23.0 Å². The Kier molecular flexibility index (Phi) is 3.46. The van der Waals surface area contributed by atoms with Gasteiger partial charge in [-0.05, 0) is 30.3 Å². The lowest BCUT2D eigenvalue weighted by Crippen LogP contribution is -1.99. The second-order valence-corrected chi connectivity index (χ2v) is 4.93. The maximum absolute atomic E-state index is 10.7. The summed E-state index contributed by atoms with van der Waals surface area (Å²) in [5, 5.41) is 14.7. The summed E-state index contributed by atoms with van der Waals surface area (Å²) >= 11 is 6.00. The molecule has 3 rings (SSSR count). The maximum atomic E-state index is 10.7. The smallest absolute Gasteiger partial charge is 0.328 e. The number of aliphatic carboxylic acids is 1. The molecule has 0 aliphatic heterocycles. The van der Waals surface area contributed by atoms with Crippen LogP contribution in [0.25, 0.3) is 22.7 Å². The normalized spacial score (nSPS) is 11.3. The van der Waals surface area contributed by atoms with Crippen molar-refractivity contribution in [1.82, 2.24) is 9.78 Å². The third-order valence-electron chi connectivity index (χ3n) is 3.10. The van der Waals surface area contributed by atoms with E-state index in [1.807, 2.05) is 30.3 Å². The second-order valence-electron chi connectivity index (χ2n) is 4.49. The minimum Gasteiger partial charge on any atom is -0.478 e. The molecule has 0 amide bonds. The summed E-state index contributed by atoms with van der Waals surface area (Å²) in [5.41, 5.74) is 2.42. The van der Waals surface area contributed by atoms with Crippen LogP contribution in [-0.2, 0) is 4.79 Å². The Morgan fingerprint density at radius 2 is 2.05 bits per heavy atom. The van der Waals surface area contributed by atoms with Crippen LogP contribution in [0.15, 0.2) is 54.7 Å². The first-order valence-corrected chi connectivity index (χ1v) is 6.66. The number of rotatable bonds is 3. The molecule has 0 unspecified atom stereocenters. The molecule has 0 spiro atoms. The molecular weight excluding hydrogens is 288 g/mol. The third kappa shape index (κ3) is 2.66. The number of para-hydroxylation sites is 1. The molecule has 0 radical (unpaired) electrons. The van der Waals surface area contributed by atoms with Gasteiger partial charge < -0.3 is 5.11 Å². The van der Waals surface area contributed by atoms with Crippen molar-refractivity contribution in [2.24, 2.45) is 0 Å². The molecule has 0 aliphatic carbocycles. The topological polar surface area (TPSA) is 55.1 Å². The van der Waals surface area contributed by atoms with E-state index in [0.717, 1.165) is 22.7 Å². The number of hydrogen-bond donors (Lipinski definition) is 1. The Hall–Kier alpha value is -2.59. The van der Waals surface area contributed by atoms with Crippen molar-refractivity contribution in [3.8, 4) is 5.69 Å². The predicted octanol–water partition coefficient (Wildman–Crippen LogP) is 3.78. The molecule has 1 N–H and O–H groups in total. The van der Waals surface area contributed by atoms with Crippen LogP contribution < -0.4 is 0 Å². The largest absolute Gasteiger partial charge is 0.478 e. The molecule has 2 aromatic carbocycles. The highest BCUT2D eigenvalue weighted by Gasteiger charge is 2.08. The molecule has 4 nitrogen and oxygen atoms in total. The molecule has 1 aromatic heterocycles. The van der Waals surface area contributed by atoms with Crippen LogP contribution in [0, 0.1) is 0 Å². The second kappa shape index (κ2) is 5.42. The first-order chi connectivity index (χ1) is 10.1. The van der Waals surface area contributed by atoms with E-state index in [2.05, 4.69) is 5.10 Å². The van der Waals surface area contributed by atoms with E-state index in [1.165, 1.54) is 6.08 Å². The van der Waals surface area contributed by atoms with Gasteiger partial charge in [0, 0.05) is 22.0 Å². The molecule has 0 aliphatic rings. The van der Waals surface area contributed by atoms with Gasteiger partial charge in [-0.1, -0.05) is 29.8 Å². The van der Waals surface area contributed by atoms with Gasteiger partial charge in [-0.15, -0.1) is 0 Å². The Bertz CT molecular complexity index is 852. The Balaban J connectivity index is 2.20. The minimum absolute atomic E-state index is 0.542. The van der Waals surface area contributed by atoms with Gasteiger partial charge in [-0.3, -0.25) is 0 Å². The molecule has 0 saturated carbocycles. The lowest BCUT2D eigenvalue weighted by atomic mass is 10.1. The summed E-state index contributed by atoms with van der Waals surface area (Å²) in [6, 6.07) is 13.1. The average molecular weight is 299 g/mol. The zero-order valence-electron chi connectivity index (χ0n) is 10.9. The molecule has 0 atom stereocenters. The fourth-order valence-electron chi connectivity index (χ4n) is 2.18. The van der Waals surface area contributed by atoms with Gasteiger partial charge in [0.25, 0.3) is 0 Å². The van der Waals surface area contributed by atoms with Crippen molar-refractivity contribution < 1.29 is 9.90 Å². The minimum atomic E-state index is -1.01. The number of aromatic nitrogens is 2. The number of hydrogen-bond acceptors (Lipinski definition) is 2. The lowest BCUT2D eigenvalue weighted by molar-refractivity contribution is -0.131. The first kappa shape index (κ1) is 13.4. The van der Waals surface area contributed by atoms with Gasteiger partial charge in [0.1, 0.15) is 0 Å². The van der Waals surface area contributed by atoms with Gasteiger partial charge in [0.05, 0.1) is 17.4 Å². The number of carboxylic acids is 1. The zero-order valence-corrected chi connectivity index (χ0v) is 11.7. The fourth-order valence-corrected chi connectivity index (χ4v) is 2.36. The molecule has 0 bridgehead atoms. The number of benzene rings is 2. The van der Waals surface area contributed by atoms with Crippen molar-refractivity contribution in [2.45, 2.75) is 0 Å². The van der Waals surface area contributed by atoms with E-state index in [9.17, 15) is 4.79 Å². The molecule has 3 aromatic rings. The van der Waals surface area contributed by atoms with Crippen LogP contribution in [0.2, 0.25) is 5.02 Å². The van der Waals surface area contributed by atoms with Crippen LogP contribution in [0.4, 0.5) is 0 Å². The van der Waals surface area contributed by atoms with Crippen LogP contribution in [-0.4, -0.2) is 20.9 Å². The van der Waals surface area contributed by atoms with Crippen LogP contribution in [0.5, 0.6) is 0 Å². The fraction of sp³-hybridized carbons (Fsp3) is 0. The molecule has 0 saturated heterocycles. The van der Waals surface area contributed by atoms with Crippen molar-refractivity contribution in [3.63, 3.8) is 0 Å². The van der Waals surface area contributed by atoms with E-state index >= 15 is 0 Å². The molecule has 1 heterocycles. The van der Waals surface area contributed by atoms with E-state index in [-0.39, 0.29) is 0 Å². The monoisotopic (exact) mass is 298 g/mol. The number of fused-ring (bicyclic) bond motifs is 1. The summed E-state index contributed by atoms with van der Waals surface area (Å²) in [4.78, 5) is 10.7. The zero-order chi connectivity index (χ0) is 14.8. The first-order valence-electron chi connectivity index (χ1n) is 6.29. The summed E-state index contributed by atoms with van der Waals surface area (Å²) < 4.78 is 1.77. The number of carboxylic acid groups (broad SMARTS) is 1. The van der Waals surface area contributed by atoms with Gasteiger partial charge in [0.2, 0.25) is 0 Å². The standard InChI is InChI=1S/C16H11ClN2O2/c17-13-6-7-15(11(9-13)5-8-16(20)21)19-14-4-2-1-3-12(14)10-18-19/h1-10H,(H,20,21)/b8-5+. The molecule has 0 fully saturated rings. The highest BCUT2D eigenvalue weighted by Crippen LogP contribution is 2.24. The van der Waals surface area contributed by atoms with Crippen LogP contribution >= 0.6 is 11.6 Å². The van der Waals surface area contributed by atoms with E-state index in [0.29, 0.717) is 10.6 Å². The lowest BCUT2D eigenvalue weighted by Gasteiger charge is -2.08. The van der Waals surface area contributed by atoms with Gasteiger partial charge in [-0.25, -0.2) is 9.48 Å². The van der Waals surface area contributed by atoms with Crippen molar-refractivity contribution in [1.29, 1.82) is 0 Å². The van der Waals surface area contributed by atoms with Crippen molar-refractivity contribution in [3.05, 3.63) is 65.3 Å². The van der Waals surface area contributed by atoms with E-state index in [4.69, 9.17) is 16.7 Å². The summed E-state index contributed by atoms with van der Waals surface area (Å²) in [6.07, 6.45) is 4.37. The number of halogens is 1. The molecule has 5 heteroatoms. The average Bonchev–Trinajstić information content (AvgIpc) is 2.89. The predicted molar refractivity (Wildman–Crippen MR) is 82.7 cm³/mol. The Morgan fingerprint density at radius 3 is 2.86 bits per heavy atom. The highest BCUT2D eigenvalue weighted by atomic mass is 35.5. The van der Waals surface area contributed by atoms with E-state index < -0.39 is 5.97 Å². The quantitative estimate of drug-likeness (QED) is 0.749. The van der Waals surface area contributed by atoms with Crippen LogP contribution in [0.1, 0.15) is 5.56 Å². The van der Waals surface area contributed by atoms with Crippen molar-refractivity contribution in [2.75, 3.05) is 0 Å². The third-order valence-corrected chi connectivity index (χ3v) is 3.34. The molecule has 104 valence electrons. The summed E-state index contributed by atoms with van der Waals surface area (Å²) in [7, 11) is 0. The van der Waals surface area contributed by atoms with Gasteiger partial charge in [-0.2, -0.15) is 5.10 Å². The van der Waals surface area contributed by atoms with Gasteiger partial charge >= 0.3 is 5.97 Å². The molecular formula is C16H11ClN2O2.